The Bertz CT molecular complexity index is 714. The van der Waals surface area contributed by atoms with Gasteiger partial charge in [0.15, 0.2) is 5.69 Å². The smallest absolute Gasteiger partial charge is 0.277 e. The molecule has 3 heterocycles. The van der Waals surface area contributed by atoms with Crippen molar-refractivity contribution in [1.82, 2.24) is 14.8 Å². The van der Waals surface area contributed by atoms with Crippen LogP contribution in [0.3, 0.4) is 0 Å². The van der Waals surface area contributed by atoms with Gasteiger partial charge in [-0.25, -0.2) is 4.52 Å². The number of fused-ring (bicyclic) bond motifs is 1. The molecule has 0 saturated carbocycles. The molecule has 0 spiro atoms. The Hall–Kier alpha value is -2.63. The van der Waals surface area contributed by atoms with Crippen LogP contribution in [0.25, 0.3) is 5.52 Å². The minimum atomic E-state index is -0.296. The number of nitrogens with one attached hydrogen (secondary N) is 1. The Kier molecular flexibility index (Phi) is 2.33. The highest BCUT2D eigenvalue weighted by atomic mass is 16.5. The molecular weight excluding hydrogens is 232 g/mol. The molecule has 0 aliphatic heterocycles. The summed E-state index contributed by atoms with van der Waals surface area (Å²) in [5.74, 6) is 0.308. The Morgan fingerprint density at radius 2 is 2.28 bits per heavy atom. The Balaban J connectivity index is 1.85. The molecule has 3 aromatic rings. The molecule has 0 fully saturated rings. The molecule has 6 heteroatoms. The highest BCUT2D eigenvalue weighted by molar-refractivity contribution is 6.03. The SMILES string of the molecule is Cc1cc(C(=O)Nc2ccn3nccc3c2)no1. The number of nitrogens with zero attached hydrogens (tertiary/aromatic N) is 3. The Morgan fingerprint density at radius 1 is 1.39 bits per heavy atom. The van der Waals surface area contributed by atoms with E-state index in [0.717, 1.165) is 5.52 Å². The van der Waals surface area contributed by atoms with E-state index in [4.69, 9.17) is 4.52 Å². The van der Waals surface area contributed by atoms with E-state index in [2.05, 4.69) is 15.6 Å². The van der Waals surface area contributed by atoms with Crippen LogP contribution in [0.15, 0.2) is 41.2 Å². The van der Waals surface area contributed by atoms with Crippen LogP contribution in [-0.4, -0.2) is 20.7 Å². The number of carbonyl (C=O) groups excluding carboxylic acids is 1. The van der Waals surface area contributed by atoms with Crippen molar-refractivity contribution in [1.29, 1.82) is 0 Å². The van der Waals surface area contributed by atoms with E-state index in [1.807, 2.05) is 12.1 Å². The fourth-order valence-electron chi connectivity index (χ4n) is 1.67. The van der Waals surface area contributed by atoms with Crippen molar-refractivity contribution in [3.8, 4) is 0 Å². The number of aryl methyl sites for hydroxylation is 1. The first-order valence-corrected chi connectivity index (χ1v) is 5.40. The molecule has 0 aliphatic rings. The number of aromatic nitrogens is 3. The fraction of sp³-hybridized carbons (Fsp3) is 0.0833. The second-order valence-electron chi connectivity index (χ2n) is 3.89. The average molecular weight is 242 g/mol. The summed E-state index contributed by atoms with van der Waals surface area (Å²) in [6.45, 7) is 1.74. The predicted octanol–water partition coefficient (Wildman–Crippen LogP) is 1.88. The van der Waals surface area contributed by atoms with E-state index in [1.54, 1.807) is 36.0 Å². The summed E-state index contributed by atoms with van der Waals surface area (Å²) in [6.07, 6.45) is 3.47. The van der Waals surface area contributed by atoms with Gasteiger partial charge in [0, 0.05) is 24.1 Å². The first-order chi connectivity index (χ1) is 8.72. The molecule has 0 saturated heterocycles. The zero-order valence-corrected chi connectivity index (χ0v) is 9.62. The van der Waals surface area contributed by atoms with E-state index < -0.39 is 0 Å². The van der Waals surface area contributed by atoms with Crippen LogP contribution < -0.4 is 5.32 Å². The van der Waals surface area contributed by atoms with Crippen LogP contribution in [0.2, 0.25) is 0 Å². The number of anilines is 1. The van der Waals surface area contributed by atoms with Crippen molar-refractivity contribution in [2.75, 3.05) is 5.32 Å². The summed E-state index contributed by atoms with van der Waals surface area (Å²) in [4.78, 5) is 11.8. The van der Waals surface area contributed by atoms with Crippen molar-refractivity contribution in [2.24, 2.45) is 0 Å². The van der Waals surface area contributed by atoms with Gasteiger partial charge < -0.3 is 9.84 Å². The molecule has 0 aromatic carbocycles. The normalized spacial score (nSPS) is 10.7. The van der Waals surface area contributed by atoms with Gasteiger partial charge >= 0.3 is 0 Å². The summed E-state index contributed by atoms with van der Waals surface area (Å²) in [5, 5.41) is 10.5. The lowest BCUT2D eigenvalue weighted by Gasteiger charge is -2.02. The Labute approximate surface area is 102 Å². The van der Waals surface area contributed by atoms with Gasteiger partial charge in [0.25, 0.3) is 5.91 Å². The molecule has 1 N–H and O–H groups in total. The second-order valence-corrected chi connectivity index (χ2v) is 3.89. The predicted molar refractivity (Wildman–Crippen MR) is 64.4 cm³/mol. The van der Waals surface area contributed by atoms with E-state index in [0.29, 0.717) is 11.4 Å². The number of rotatable bonds is 2. The van der Waals surface area contributed by atoms with E-state index >= 15 is 0 Å². The van der Waals surface area contributed by atoms with Crippen LogP contribution >= 0.6 is 0 Å². The highest BCUT2D eigenvalue weighted by Gasteiger charge is 2.11. The van der Waals surface area contributed by atoms with Gasteiger partial charge in [-0.2, -0.15) is 5.10 Å². The van der Waals surface area contributed by atoms with Crippen LogP contribution in [-0.2, 0) is 0 Å². The summed E-state index contributed by atoms with van der Waals surface area (Å²) in [6, 6.07) is 7.05. The van der Waals surface area contributed by atoms with Crippen LogP contribution in [0.5, 0.6) is 0 Å². The molecule has 3 aromatic heterocycles. The van der Waals surface area contributed by atoms with Crippen molar-refractivity contribution in [3.63, 3.8) is 0 Å². The van der Waals surface area contributed by atoms with Gasteiger partial charge in [-0.05, 0) is 25.1 Å². The van der Waals surface area contributed by atoms with Crippen LogP contribution in [0.4, 0.5) is 5.69 Å². The lowest BCUT2D eigenvalue weighted by molar-refractivity contribution is 0.101. The standard InChI is InChI=1S/C12H10N4O2/c1-8-6-11(15-18-8)12(17)14-9-3-5-16-10(7-9)2-4-13-16/h2-7H,1H3,(H,14,17). The number of amides is 1. The minimum absolute atomic E-state index is 0.265. The molecule has 0 unspecified atom stereocenters. The van der Waals surface area contributed by atoms with Crippen molar-refractivity contribution in [2.45, 2.75) is 6.92 Å². The number of pyridine rings is 1. The van der Waals surface area contributed by atoms with E-state index in [-0.39, 0.29) is 11.6 Å². The first-order valence-electron chi connectivity index (χ1n) is 5.40. The maximum absolute atomic E-state index is 11.8. The molecule has 3 rings (SSSR count). The lowest BCUT2D eigenvalue weighted by atomic mass is 10.3. The minimum Gasteiger partial charge on any atom is -0.361 e. The zero-order chi connectivity index (χ0) is 12.5. The molecule has 0 radical (unpaired) electrons. The number of hydrogen-bond acceptors (Lipinski definition) is 4. The molecule has 1 amide bonds. The molecule has 0 atom stereocenters. The van der Waals surface area contributed by atoms with Gasteiger partial charge in [0.05, 0.1) is 5.52 Å². The van der Waals surface area contributed by atoms with E-state index in [9.17, 15) is 4.79 Å². The van der Waals surface area contributed by atoms with Gasteiger partial charge in [0.2, 0.25) is 0 Å². The van der Waals surface area contributed by atoms with Gasteiger partial charge in [-0.15, -0.1) is 0 Å². The summed E-state index contributed by atoms with van der Waals surface area (Å²) in [5.41, 5.74) is 1.86. The quantitative estimate of drug-likeness (QED) is 0.744. The third kappa shape index (κ3) is 1.84. The zero-order valence-electron chi connectivity index (χ0n) is 9.62. The van der Waals surface area contributed by atoms with Crippen LogP contribution in [0, 0.1) is 6.92 Å². The van der Waals surface area contributed by atoms with Gasteiger partial charge in [-0.3, -0.25) is 4.79 Å². The van der Waals surface area contributed by atoms with Gasteiger partial charge in [0.1, 0.15) is 5.76 Å². The number of hydrogen-bond donors (Lipinski definition) is 1. The summed E-state index contributed by atoms with van der Waals surface area (Å²) < 4.78 is 6.57. The highest BCUT2D eigenvalue weighted by Crippen LogP contribution is 2.13. The summed E-state index contributed by atoms with van der Waals surface area (Å²) in [7, 11) is 0. The topological polar surface area (TPSA) is 72.4 Å². The average Bonchev–Trinajstić information content (AvgIpc) is 2.96. The Morgan fingerprint density at radius 3 is 3.06 bits per heavy atom. The number of carbonyl (C=O) groups is 1. The molecule has 6 nitrogen and oxygen atoms in total. The van der Waals surface area contributed by atoms with Crippen molar-refractivity contribution in [3.05, 3.63) is 48.1 Å². The summed E-state index contributed by atoms with van der Waals surface area (Å²) >= 11 is 0. The molecule has 18 heavy (non-hydrogen) atoms. The monoisotopic (exact) mass is 242 g/mol. The maximum Gasteiger partial charge on any atom is 0.277 e. The maximum atomic E-state index is 11.8. The third-order valence-electron chi connectivity index (χ3n) is 2.52. The lowest BCUT2D eigenvalue weighted by Crippen LogP contribution is -2.12. The van der Waals surface area contributed by atoms with Crippen LogP contribution in [0.1, 0.15) is 16.2 Å². The molecule has 0 aliphatic carbocycles. The van der Waals surface area contributed by atoms with Gasteiger partial charge in [-0.1, -0.05) is 5.16 Å². The fourth-order valence-corrected chi connectivity index (χ4v) is 1.67. The third-order valence-corrected chi connectivity index (χ3v) is 2.52. The molecule has 90 valence electrons. The van der Waals surface area contributed by atoms with Crippen molar-refractivity contribution >= 4 is 17.1 Å². The van der Waals surface area contributed by atoms with E-state index in [1.165, 1.54) is 0 Å². The molecule has 0 bridgehead atoms. The second kappa shape index (κ2) is 3.99. The first kappa shape index (κ1) is 10.5. The van der Waals surface area contributed by atoms with Crippen molar-refractivity contribution < 1.29 is 9.32 Å². The largest absolute Gasteiger partial charge is 0.361 e. The molecular formula is C12H10N4O2.